The Kier molecular flexibility index (Phi) is 4.01. The number of fused-ring (bicyclic) bond motifs is 1. The van der Waals surface area contributed by atoms with Crippen molar-refractivity contribution in [2.75, 3.05) is 5.75 Å². The van der Waals surface area contributed by atoms with Gasteiger partial charge >= 0.3 is 0 Å². The van der Waals surface area contributed by atoms with Crippen molar-refractivity contribution in [2.24, 2.45) is 5.92 Å². The van der Waals surface area contributed by atoms with Gasteiger partial charge in [0.05, 0.1) is 5.92 Å². The number of hydrogen-bond acceptors (Lipinski definition) is 5. The van der Waals surface area contributed by atoms with Gasteiger partial charge in [-0.2, -0.15) is 0 Å². The molecule has 0 spiro atoms. The molecule has 2 aromatic rings. The van der Waals surface area contributed by atoms with E-state index in [2.05, 4.69) is 15.3 Å². The highest BCUT2D eigenvalue weighted by molar-refractivity contribution is 7.99. The van der Waals surface area contributed by atoms with Gasteiger partial charge in [0.2, 0.25) is 5.91 Å². The van der Waals surface area contributed by atoms with Gasteiger partial charge in [0.25, 0.3) is 5.56 Å². The second kappa shape index (κ2) is 6.09. The number of hydrogen-bond donors (Lipinski definition) is 1. The van der Waals surface area contributed by atoms with E-state index in [9.17, 15) is 9.59 Å². The van der Waals surface area contributed by atoms with Crippen molar-refractivity contribution < 1.29 is 4.79 Å². The summed E-state index contributed by atoms with van der Waals surface area (Å²) in [5.74, 6) is 0.365. The first-order valence-electron chi connectivity index (χ1n) is 6.59. The molecule has 6 nitrogen and oxygen atoms in total. The molecule has 1 atom stereocenters. The fourth-order valence-corrected chi connectivity index (χ4v) is 3.21. The highest BCUT2D eigenvalue weighted by Crippen LogP contribution is 2.24. The lowest BCUT2D eigenvalue weighted by molar-refractivity contribution is -0.125. The van der Waals surface area contributed by atoms with E-state index in [4.69, 9.17) is 0 Å². The predicted octanol–water partition coefficient (Wildman–Crippen LogP) is 0.677. The van der Waals surface area contributed by atoms with Crippen molar-refractivity contribution in [1.29, 1.82) is 0 Å². The van der Waals surface area contributed by atoms with E-state index in [1.165, 1.54) is 24.0 Å². The van der Waals surface area contributed by atoms with Crippen LogP contribution in [-0.2, 0) is 17.9 Å². The minimum absolute atomic E-state index is 0.0484. The summed E-state index contributed by atoms with van der Waals surface area (Å²) in [6.07, 6.45) is 4.92. The zero-order valence-corrected chi connectivity index (χ0v) is 12.0. The van der Waals surface area contributed by atoms with Crippen LogP contribution in [0.15, 0.2) is 46.7 Å². The Morgan fingerprint density at radius 2 is 2.33 bits per heavy atom. The van der Waals surface area contributed by atoms with Crippen molar-refractivity contribution in [2.45, 2.75) is 18.2 Å². The summed E-state index contributed by atoms with van der Waals surface area (Å²) in [6.45, 7) is 0.830. The summed E-state index contributed by atoms with van der Waals surface area (Å²) in [5, 5.41) is 3.57. The van der Waals surface area contributed by atoms with Gasteiger partial charge in [0, 0.05) is 43.5 Å². The molecule has 3 rings (SSSR count). The van der Waals surface area contributed by atoms with E-state index in [0.717, 1.165) is 5.56 Å². The van der Waals surface area contributed by atoms with Crippen LogP contribution in [-0.4, -0.2) is 26.2 Å². The Labute approximate surface area is 125 Å². The van der Waals surface area contributed by atoms with Crippen molar-refractivity contribution in [1.82, 2.24) is 19.9 Å². The molecule has 1 N–H and O–H groups in total. The van der Waals surface area contributed by atoms with E-state index in [1.54, 1.807) is 17.0 Å². The monoisotopic (exact) mass is 302 g/mol. The van der Waals surface area contributed by atoms with Gasteiger partial charge in [-0.05, 0) is 11.6 Å². The van der Waals surface area contributed by atoms with E-state index in [1.807, 2.05) is 12.1 Å². The first kappa shape index (κ1) is 13.8. The summed E-state index contributed by atoms with van der Waals surface area (Å²) in [5.41, 5.74) is 0.839. The molecule has 1 aliphatic rings. The minimum atomic E-state index is -0.221. The van der Waals surface area contributed by atoms with Gasteiger partial charge in [0.15, 0.2) is 5.16 Å². The number of nitrogens with one attached hydrogen (secondary N) is 1. The minimum Gasteiger partial charge on any atom is -0.352 e. The van der Waals surface area contributed by atoms with Crippen molar-refractivity contribution in [3.63, 3.8) is 0 Å². The van der Waals surface area contributed by atoms with Crippen LogP contribution in [0.2, 0.25) is 0 Å². The quantitative estimate of drug-likeness (QED) is 0.844. The maximum Gasteiger partial charge on any atom is 0.254 e. The Morgan fingerprint density at radius 1 is 1.43 bits per heavy atom. The lowest BCUT2D eigenvalue weighted by Crippen LogP contribution is -2.39. The Bertz CT molecular complexity index is 702. The molecule has 0 fully saturated rings. The van der Waals surface area contributed by atoms with E-state index in [-0.39, 0.29) is 17.4 Å². The number of rotatable bonds is 3. The third kappa shape index (κ3) is 3.13. The van der Waals surface area contributed by atoms with Gasteiger partial charge in [-0.25, -0.2) is 4.98 Å². The van der Waals surface area contributed by atoms with Gasteiger partial charge in [-0.15, -0.1) is 0 Å². The molecule has 0 aliphatic carbocycles. The van der Waals surface area contributed by atoms with Crippen LogP contribution >= 0.6 is 11.8 Å². The van der Waals surface area contributed by atoms with Crippen LogP contribution in [0.4, 0.5) is 0 Å². The van der Waals surface area contributed by atoms with Gasteiger partial charge < -0.3 is 5.32 Å². The first-order chi connectivity index (χ1) is 10.2. The Morgan fingerprint density at radius 3 is 3.14 bits per heavy atom. The lowest BCUT2D eigenvalue weighted by Gasteiger charge is -2.23. The van der Waals surface area contributed by atoms with Gasteiger partial charge in [-0.1, -0.05) is 17.8 Å². The van der Waals surface area contributed by atoms with E-state index in [0.29, 0.717) is 24.0 Å². The molecule has 1 aliphatic heterocycles. The summed E-state index contributed by atoms with van der Waals surface area (Å²) in [4.78, 5) is 32.2. The second-order valence-corrected chi connectivity index (χ2v) is 5.75. The molecule has 2 aromatic heterocycles. The summed E-state index contributed by atoms with van der Waals surface area (Å²) < 4.78 is 1.56. The molecule has 0 bridgehead atoms. The zero-order chi connectivity index (χ0) is 14.7. The summed E-state index contributed by atoms with van der Waals surface area (Å²) in [6, 6.07) is 5.16. The van der Waals surface area contributed by atoms with Crippen LogP contribution in [0.25, 0.3) is 0 Å². The molecule has 7 heteroatoms. The number of amides is 1. The molecule has 108 valence electrons. The average molecular weight is 302 g/mol. The maximum absolute atomic E-state index is 12.2. The SMILES string of the molecule is O=C(NCc1cccnc1)[C@H]1CSc2nccc(=O)n2C1. The number of carbonyl (C=O) groups is 1. The normalized spacial score (nSPS) is 17.0. The molecule has 1 amide bonds. The van der Waals surface area contributed by atoms with Crippen LogP contribution in [0.3, 0.4) is 0 Å². The third-order valence-corrected chi connectivity index (χ3v) is 4.43. The van der Waals surface area contributed by atoms with E-state index >= 15 is 0 Å². The molecule has 3 heterocycles. The molecule has 0 aromatic carbocycles. The zero-order valence-electron chi connectivity index (χ0n) is 11.2. The number of aromatic nitrogens is 3. The summed E-state index contributed by atoms with van der Waals surface area (Å²) in [7, 11) is 0. The highest BCUT2D eigenvalue weighted by Gasteiger charge is 2.26. The molecule has 21 heavy (non-hydrogen) atoms. The average Bonchev–Trinajstić information content (AvgIpc) is 2.54. The lowest BCUT2D eigenvalue weighted by atomic mass is 10.1. The second-order valence-electron chi connectivity index (χ2n) is 4.76. The van der Waals surface area contributed by atoms with E-state index < -0.39 is 0 Å². The number of nitrogens with zero attached hydrogens (tertiary/aromatic N) is 3. The van der Waals surface area contributed by atoms with Crippen molar-refractivity contribution in [3.8, 4) is 0 Å². The Hall–Kier alpha value is -2.15. The highest BCUT2D eigenvalue weighted by atomic mass is 32.2. The first-order valence-corrected chi connectivity index (χ1v) is 7.58. The largest absolute Gasteiger partial charge is 0.352 e. The van der Waals surface area contributed by atoms with Crippen LogP contribution in [0.5, 0.6) is 0 Å². The van der Waals surface area contributed by atoms with Crippen molar-refractivity contribution in [3.05, 3.63) is 52.7 Å². The fourth-order valence-electron chi connectivity index (χ4n) is 2.15. The maximum atomic E-state index is 12.2. The molecule has 0 radical (unpaired) electrons. The molecule has 0 saturated heterocycles. The van der Waals surface area contributed by atoms with Gasteiger partial charge in [0.1, 0.15) is 0 Å². The standard InChI is InChI=1S/C14H14N4O2S/c19-12-3-5-16-14-18(12)8-11(9-21-14)13(20)17-7-10-2-1-4-15-6-10/h1-6,11H,7-9H2,(H,17,20)/t11-/m1/s1. The van der Waals surface area contributed by atoms with Gasteiger partial charge in [-0.3, -0.25) is 19.1 Å². The smallest absolute Gasteiger partial charge is 0.254 e. The molecular weight excluding hydrogens is 288 g/mol. The molecule has 0 unspecified atom stereocenters. The number of pyridine rings is 1. The topological polar surface area (TPSA) is 76.9 Å². The third-order valence-electron chi connectivity index (χ3n) is 3.28. The van der Waals surface area contributed by atoms with Crippen LogP contribution < -0.4 is 10.9 Å². The van der Waals surface area contributed by atoms with Crippen LogP contribution in [0.1, 0.15) is 5.56 Å². The van der Waals surface area contributed by atoms with Crippen LogP contribution in [0, 0.1) is 5.92 Å². The Balaban J connectivity index is 1.64. The molecule has 0 saturated carbocycles. The molecular formula is C14H14N4O2S. The summed E-state index contributed by atoms with van der Waals surface area (Å²) >= 11 is 1.44. The number of thioether (sulfide) groups is 1. The predicted molar refractivity (Wildman–Crippen MR) is 78.8 cm³/mol. The fraction of sp³-hybridized carbons (Fsp3) is 0.286. The van der Waals surface area contributed by atoms with Crippen molar-refractivity contribution >= 4 is 17.7 Å². The number of carbonyl (C=O) groups excluding carboxylic acids is 1.